The summed E-state index contributed by atoms with van der Waals surface area (Å²) in [6.45, 7) is 5.39. The minimum absolute atomic E-state index is 0.104. The second-order valence-corrected chi connectivity index (χ2v) is 12.0. The lowest BCUT2D eigenvalue weighted by atomic mass is 9.82. The molecule has 1 fully saturated rings. The Balaban J connectivity index is 1.53. The molecule has 0 radical (unpaired) electrons. The predicted molar refractivity (Wildman–Crippen MR) is 160 cm³/mol. The molecule has 6 rings (SSSR count). The number of nitrogens with zero attached hydrogens (tertiary/aromatic N) is 6. The first-order valence-corrected chi connectivity index (χ1v) is 14.3. The number of alkyl halides is 4. The summed E-state index contributed by atoms with van der Waals surface area (Å²) in [7, 11) is 1.68. The number of pyridine rings is 2. The van der Waals surface area contributed by atoms with Crippen molar-refractivity contribution in [2.75, 3.05) is 18.0 Å². The largest absolute Gasteiger partial charge is 0.416 e. The van der Waals surface area contributed by atoms with Crippen LogP contribution in [0, 0.1) is 13.8 Å². The molecule has 0 aliphatic carbocycles. The van der Waals surface area contributed by atoms with Gasteiger partial charge in [-0.1, -0.05) is 41.1 Å². The molecular weight excluding hydrogens is 596 g/mol. The third-order valence-electron chi connectivity index (χ3n) is 8.11. The molecule has 12 heteroatoms. The molecule has 1 atom stereocenters. The molecule has 5 aromatic rings. The van der Waals surface area contributed by atoms with Gasteiger partial charge in [0.1, 0.15) is 11.5 Å². The van der Waals surface area contributed by atoms with Crippen molar-refractivity contribution in [3.8, 4) is 0 Å². The van der Waals surface area contributed by atoms with Gasteiger partial charge >= 0.3 is 6.18 Å². The lowest BCUT2D eigenvalue weighted by Crippen LogP contribution is -2.57. The number of benzene rings is 2. The molecule has 1 unspecified atom stereocenters. The lowest BCUT2D eigenvalue weighted by Gasteiger charge is -2.44. The third kappa shape index (κ3) is 5.17. The SMILES string of the molecule is Cc1ccc(C(O)(c2ccc3nc(N4CC(C)(F)C4)c(Cc4ccc(C(F)(F)F)cc4)c(Cl)c3c2)c2cnnn2C)c(C)n1. The van der Waals surface area contributed by atoms with Crippen LogP contribution in [0.3, 0.4) is 0 Å². The van der Waals surface area contributed by atoms with Crippen molar-refractivity contribution >= 4 is 28.3 Å². The molecule has 0 amide bonds. The van der Waals surface area contributed by atoms with E-state index in [1.165, 1.54) is 29.9 Å². The number of aryl methyl sites for hydroxylation is 3. The number of aliphatic hydroxyl groups is 1. The van der Waals surface area contributed by atoms with Crippen LogP contribution in [0.25, 0.3) is 10.9 Å². The molecule has 3 aromatic heterocycles. The minimum atomic E-state index is -4.46. The number of halogens is 5. The Morgan fingerprint density at radius 2 is 1.66 bits per heavy atom. The van der Waals surface area contributed by atoms with Gasteiger partial charge in [0, 0.05) is 41.4 Å². The highest BCUT2D eigenvalue weighted by molar-refractivity contribution is 6.36. The van der Waals surface area contributed by atoms with E-state index in [0.717, 1.165) is 17.8 Å². The molecule has 2 aromatic carbocycles. The summed E-state index contributed by atoms with van der Waals surface area (Å²) >= 11 is 7.11. The van der Waals surface area contributed by atoms with Gasteiger partial charge in [0.2, 0.25) is 0 Å². The Hall–Kier alpha value is -4.09. The van der Waals surface area contributed by atoms with Crippen LogP contribution in [0.4, 0.5) is 23.4 Å². The van der Waals surface area contributed by atoms with Crippen molar-refractivity contribution in [1.82, 2.24) is 25.0 Å². The Morgan fingerprint density at radius 3 is 2.25 bits per heavy atom. The first kappa shape index (κ1) is 30.0. The van der Waals surface area contributed by atoms with Gasteiger partial charge in [-0.05, 0) is 62.2 Å². The second-order valence-electron chi connectivity index (χ2n) is 11.6. The fraction of sp³-hybridized carbons (Fsp3) is 0.312. The maximum absolute atomic E-state index is 14.6. The van der Waals surface area contributed by atoms with Gasteiger partial charge in [-0.2, -0.15) is 13.2 Å². The van der Waals surface area contributed by atoms with Crippen molar-refractivity contribution < 1.29 is 22.7 Å². The highest BCUT2D eigenvalue weighted by atomic mass is 35.5. The van der Waals surface area contributed by atoms with E-state index in [0.29, 0.717) is 55.4 Å². The molecule has 0 spiro atoms. The molecule has 228 valence electrons. The van der Waals surface area contributed by atoms with E-state index in [1.807, 2.05) is 26.0 Å². The number of aromatic nitrogens is 5. The van der Waals surface area contributed by atoms with Crippen LogP contribution < -0.4 is 4.90 Å². The average molecular weight is 625 g/mol. The summed E-state index contributed by atoms with van der Waals surface area (Å²) in [5.74, 6) is 0.468. The summed E-state index contributed by atoms with van der Waals surface area (Å²) in [5, 5.41) is 21.4. The van der Waals surface area contributed by atoms with Crippen LogP contribution >= 0.6 is 11.6 Å². The van der Waals surface area contributed by atoms with Gasteiger partial charge in [0.05, 0.1) is 41.1 Å². The molecular formula is C32H29ClF4N6O. The van der Waals surface area contributed by atoms with Gasteiger partial charge in [0.25, 0.3) is 0 Å². The number of rotatable bonds is 6. The normalized spacial score (nSPS) is 16.2. The van der Waals surface area contributed by atoms with Crippen LogP contribution in [0.1, 0.15) is 51.8 Å². The van der Waals surface area contributed by atoms with Gasteiger partial charge in [0.15, 0.2) is 5.60 Å². The van der Waals surface area contributed by atoms with Gasteiger partial charge in [-0.25, -0.2) is 14.1 Å². The van der Waals surface area contributed by atoms with E-state index in [9.17, 15) is 22.7 Å². The van der Waals surface area contributed by atoms with E-state index in [4.69, 9.17) is 16.6 Å². The fourth-order valence-corrected chi connectivity index (χ4v) is 6.24. The Bertz CT molecular complexity index is 1880. The number of fused-ring (bicyclic) bond motifs is 1. The topological polar surface area (TPSA) is 80.0 Å². The molecule has 4 heterocycles. The Kier molecular flexibility index (Phi) is 7.16. The third-order valence-corrected chi connectivity index (χ3v) is 8.55. The van der Waals surface area contributed by atoms with Gasteiger partial charge in [-0.15, -0.1) is 5.10 Å². The fourth-order valence-electron chi connectivity index (χ4n) is 5.94. The molecule has 7 nitrogen and oxygen atoms in total. The number of hydrogen-bond acceptors (Lipinski definition) is 6. The van der Waals surface area contributed by atoms with E-state index in [1.54, 1.807) is 30.1 Å². The molecule has 1 aliphatic heterocycles. The summed E-state index contributed by atoms with van der Waals surface area (Å²) < 4.78 is 55.7. The van der Waals surface area contributed by atoms with Crippen LogP contribution in [-0.2, 0) is 25.2 Å². The molecule has 1 saturated heterocycles. The number of anilines is 1. The van der Waals surface area contributed by atoms with E-state index in [-0.39, 0.29) is 19.5 Å². The quantitative estimate of drug-likeness (QED) is 0.218. The van der Waals surface area contributed by atoms with Crippen molar-refractivity contribution in [2.24, 2.45) is 7.05 Å². The molecule has 0 saturated carbocycles. The van der Waals surface area contributed by atoms with Gasteiger partial charge < -0.3 is 10.0 Å². The molecule has 1 aliphatic rings. The van der Waals surface area contributed by atoms with Crippen LogP contribution in [0.15, 0.2) is 60.8 Å². The Labute approximate surface area is 256 Å². The Morgan fingerprint density at radius 1 is 0.977 bits per heavy atom. The molecule has 1 N–H and O–H groups in total. The van der Waals surface area contributed by atoms with Crippen molar-refractivity contribution in [3.63, 3.8) is 0 Å². The zero-order chi connectivity index (χ0) is 31.6. The average Bonchev–Trinajstić information content (AvgIpc) is 3.38. The number of hydrogen-bond donors (Lipinski definition) is 1. The van der Waals surface area contributed by atoms with Crippen molar-refractivity contribution in [1.29, 1.82) is 0 Å². The highest BCUT2D eigenvalue weighted by Crippen LogP contribution is 2.43. The molecule has 0 bridgehead atoms. The first-order valence-electron chi connectivity index (χ1n) is 13.9. The van der Waals surface area contributed by atoms with Crippen LogP contribution in [0.2, 0.25) is 5.02 Å². The smallest absolute Gasteiger partial charge is 0.374 e. The van der Waals surface area contributed by atoms with Crippen molar-refractivity contribution in [3.05, 3.63) is 111 Å². The second kappa shape index (κ2) is 10.5. The highest BCUT2D eigenvalue weighted by Gasteiger charge is 2.42. The standard InChI is InChI=1S/C32H29ClF4N6O/c1-18-5-11-25(19(2)39-18)31(44,27-15-38-41-42(27)4)22-10-12-26-23(14-22)28(33)24(29(40-26)43-16-30(3,34)17-43)13-20-6-8-21(9-7-20)32(35,36)37/h5-12,14-15,44H,13,16-17H2,1-4H3. The predicted octanol–water partition coefficient (Wildman–Crippen LogP) is 6.47. The van der Waals surface area contributed by atoms with Crippen molar-refractivity contribution in [2.45, 2.75) is 44.6 Å². The zero-order valence-corrected chi connectivity index (χ0v) is 25.2. The van der Waals surface area contributed by atoms with E-state index in [2.05, 4.69) is 15.3 Å². The maximum atomic E-state index is 14.6. The maximum Gasteiger partial charge on any atom is 0.416 e. The van der Waals surface area contributed by atoms with Gasteiger partial charge in [-0.3, -0.25) is 4.98 Å². The zero-order valence-electron chi connectivity index (χ0n) is 24.4. The van der Waals surface area contributed by atoms with Crippen LogP contribution in [0.5, 0.6) is 0 Å². The monoisotopic (exact) mass is 624 g/mol. The summed E-state index contributed by atoms with van der Waals surface area (Å²) in [6, 6.07) is 13.7. The summed E-state index contributed by atoms with van der Waals surface area (Å²) in [6.07, 6.45) is -2.81. The van der Waals surface area contributed by atoms with Crippen LogP contribution in [-0.4, -0.2) is 48.8 Å². The van der Waals surface area contributed by atoms with E-state index < -0.39 is 23.0 Å². The summed E-state index contributed by atoms with van der Waals surface area (Å²) in [5.41, 5.74) is 0.568. The lowest BCUT2D eigenvalue weighted by molar-refractivity contribution is -0.137. The minimum Gasteiger partial charge on any atom is -0.374 e. The summed E-state index contributed by atoms with van der Waals surface area (Å²) in [4.78, 5) is 11.2. The molecule has 44 heavy (non-hydrogen) atoms. The van der Waals surface area contributed by atoms with E-state index >= 15 is 0 Å². The first-order chi connectivity index (χ1) is 20.7.